The number of halogens is 1. The third kappa shape index (κ3) is 4.66. The fourth-order valence-electron chi connectivity index (χ4n) is 1.25. The van der Waals surface area contributed by atoms with Gasteiger partial charge in [-0.25, -0.2) is 8.42 Å². The summed E-state index contributed by atoms with van der Waals surface area (Å²) in [5.41, 5.74) is 0. The molecule has 2 rings (SSSR count). The molecule has 2 aromatic rings. The van der Waals surface area contributed by atoms with Crippen LogP contribution in [0, 0.1) is 0 Å². The van der Waals surface area contributed by atoms with Crippen LogP contribution in [0.4, 0.5) is 5.13 Å². The van der Waals surface area contributed by atoms with Gasteiger partial charge in [0.1, 0.15) is 5.75 Å². The Hall–Kier alpha value is -1.71. The summed E-state index contributed by atoms with van der Waals surface area (Å²) in [4.78, 5) is 11.6. The highest BCUT2D eigenvalue weighted by molar-refractivity contribution is 7.92. The average Bonchev–Trinajstić information content (AvgIpc) is 2.86. The first-order valence-electron chi connectivity index (χ1n) is 5.56. The van der Waals surface area contributed by atoms with Crippen LogP contribution in [0.2, 0.25) is 5.02 Å². The Morgan fingerprint density at radius 1 is 1.33 bits per heavy atom. The molecule has 0 aliphatic carbocycles. The van der Waals surface area contributed by atoms with E-state index >= 15 is 0 Å². The van der Waals surface area contributed by atoms with E-state index < -0.39 is 15.7 Å². The molecule has 10 heteroatoms. The van der Waals surface area contributed by atoms with E-state index in [2.05, 4.69) is 15.5 Å². The van der Waals surface area contributed by atoms with E-state index in [1.165, 1.54) is 0 Å². The Bertz CT molecular complexity index is 743. The van der Waals surface area contributed by atoms with Crippen molar-refractivity contribution in [2.24, 2.45) is 0 Å². The number of hydrogen-bond acceptors (Lipinski definition) is 7. The molecule has 0 aliphatic rings. The SMILES string of the molecule is CS(=O)(=O)c1nnc(NC(=O)COc2ccc(Cl)cc2)s1. The van der Waals surface area contributed by atoms with E-state index in [-0.39, 0.29) is 16.1 Å². The van der Waals surface area contributed by atoms with Crippen molar-refractivity contribution < 1.29 is 17.9 Å². The van der Waals surface area contributed by atoms with Gasteiger partial charge in [0, 0.05) is 11.3 Å². The Labute approximate surface area is 129 Å². The van der Waals surface area contributed by atoms with Gasteiger partial charge in [0.05, 0.1) is 0 Å². The Morgan fingerprint density at radius 3 is 2.57 bits per heavy atom. The average molecular weight is 348 g/mol. The lowest BCUT2D eigenvalue weighted by molar-refractivity contribution is -0.118. The summed E-state index contributed by atoms with van der Waals surface area (Å²) in [6.07, 6.45) is 1.02. The maximum atomic E-state index is 11.6. The van der Waals surface area contributed by atoms with E-state index in [9.17, 15) is 13.2 Å². The summed E-state index contributed by atoms with van der Waals surface area (Å²) in [5, 5.41) is 10.1. The summed E-state index contributed by atoms with van der Waals surface area (Å²) in [6, 6.07) is 6.53. The summed E-state index contributed by atoms with van der Waals surface area (Å²) < 4.78 is 27.5. The maximum Gasteiger partial charge on any atom is 0.264 e. The van der Waals surface area contributed by atoms with Gasteiger partial charge in [-0.1, -0.05) is 22.9 Å². The van der Waals surface area contributed by atoms with E-state index in [4.69, 9.17) is 16.3 Å². The zero-order valence-electron chi connectivity index (χ0n) is 10.7. The first-order valence-corrected chi connectivity index (χ1v) is 8.65. The molecule has 0 spiro atoms. The number of carbonyl (C=O) groups is 1. The molecule has 0 saturated heterocycles. The van der Waals surface area contributed by atoms with Gasteiger partial charge in [0.15, 0.2) is 6.61 Å². The normalized spacial score (nSPS) is 11.1. The molecule has 0 aliphatic heterocycles. The first-order chi connectivity index (χ1) is 9.84. The van der Waals surface area contributed by atoms with Crippen molar-refractivity contribution in [1.82, 2.24) is 10.2 Å². The Balaban J connectivity index is 1.90. The highest BCUT2D eigenvalue weighted by atomic mass is 35.5. The van der Waals surface area contributed by atoms with Gasteiger partial charge in [-0.15, -0.1) is 10.2 Å². The molecule has 1 aromatic heterocycles. The van der Waals surface area contributed by atoms with Gasteiger partial charge in [-0.3, -0.25) is 10.1 Å². The minimum Gasteiger partial charge on any atom is -0.484 e. The van der Waals surface area contributed by atoms with Crippen LogP contribution in [0.15, 0.2) is 28.6 Å². The predicted octanol–water partition coefficient (Wildman–Crippen LogP) is 1.61. The summed E-state index contributed by atoms with van der Waals surface area (Å²) in [7, 11) is -3.43. The van der Waals surface area contributed by atoms with Crippen molar-refractivity contribution in [1.29, 1.82) is 0 Å². The number of sulfone groups is 1. The lowest BCUT2D eigenvalue weighted by Crippen LogP contribution is -2.20. The Kier molecular flexibility index (Phi) is 4.76. The third-order valence-electron chi connectivity index (χ3n) is 2.15. The van der Waals surface area contributed by atoms with Crippen LogP contribution in [0.5, 0.6) is 5.75 Å². The summed E-state index contributed by atoms with van der Waals surface area (Å²) in [5.74, 6) is 0.0183. The number of ether oxygens (including phenoxy) is 1. The molecule has 0 atom stereocenters. The maximum absolute atomic E-state index is 11.6. The zero-order valence-corrected chi connectivity index (χ0v) is 13.1. The van der Waals surface area contributed by atoms with Crippen LogP contribution in [-0.4, -0.2) is 37.4 Å². The summed E-state index contributed by atoms with van der Waals surface area (Å²) in [6.45, 7) is -0.241. The molecule has 112 valence electrons. The van der Waals surface area contributed by atoms with Crippen molar-refractivity contribution in [3.05, 3.63) is 29.3 Å². The topological polar surface area (TPSA) is 98.3 Å². The van der Waals surface area contributed by atoms with E-state index in [1.807, 2.05) is 0 Å². The van der Waals surface area contributed by atoms with Gasteiger partial charge >= 0.3 is 0 Å². The third-order valence-corrected chi connectivity index (χ3v) is 4.91. The number of nitrogens with zero attached hydrogens (tertiary/aromatic N) is 2. The van der Waals surface area contributed by atoms with Gasteiger partial charge in [0.25, 0.3) is 5.91 Å². The number of amides is 1. The largest absolute Gasteiger partial charge is 0.484 e. The molecular weight excluding hydrogens is 338 g/mol. The van der Waals surface area contributed by atoms with Crippen LogP contribution in [0.3, 0.4) is 0 Å². The molecule has 0 fully saturated rings. The minimum absolute atomic E-state index is 0.0973. The molecular formula is C11H10ClN3O4S2. The molecule has 7 nitrogen and oxygen atoms in total. The molecule has 0 radical (unpaired) electrons. The van der Waals surface area contributed by atoms with Crippen LogP contribution in [0.1, 0.15) is 0 Å². The molecule has 0 bridgehead atoms. The van der Waals surface area contributed by atoms with Gasteiger partial charge in [-0.2, -0.15) is 0 Å². The fourth-order valence-corrected chi connectivity index (χ4v) is 2.90. The van der Waals surface area contributed by atoms with E-state index in [1.54, 1.807) is 24.3 Å². The van der Waals surface area contributed by atoms with Crippen molar-refractivity contribution in [2.45, 2.75) is 4.34 Å². The molecule has 21 heavy (non-hydrogen) atoms. The quantitative estimate of drug-likeness (QED) is 0.825. The fraction of sp³-hybridized carbons (Fsp3) is 0.182. The van der Waals surface area contributed by atoms with Crippen LogP contribution in [-0.2, 0) is 14.6 Å². The number of rotatable bonds is 5. The van der Waals surface area contributed by atoms with Gasteiger partial charge in [0.2, 0.25) is 19.3 Å². The second kappa shape index (κ2) is 6.37. The molecule has 0 unspecified atom stereocenters. The van der Waals surface area contributed by atoms with Gasteiger partial charge in [-0.05, 0) is 24.3 Å². The molecule has 1 amide bonds. The van der Waals surface area contributed by atoms with Crippen molar-refractivity contribution in [2.75, 3.05) is 18.2 Å². The highest BCUT2D eigenvalue weighted by Gasteiger charge is 2.15. The number of carbonyl (C=O) groups excluding carboxylic acids is 1. The number of hydrogen-bond donors (Lipinski definition) is 1. The van der Waals surface area contributed by atoms with Crippen LogP contribution >= 0.6 is 22.9 Å². The smallest absolute Gasteiger partial charge is 0.264 e. The van der Waals surface area contributed by atoms with Crippen LogP contribution < -0.4 is 10.1 Å². The van der Waals surface area contributed by atoms with Crippen LogP contribution in [0.25, 0.3) is 0 Å². The second-order valence-corrected chi connectivity index (χ2v) is 7.54. The molecule has 1 aromatic carbocycles. The Morgan fingerprint density at radius 2 is 2.00 bits per heavy atom. The molecule has 1 heterocycles. The van der Waals surface area contributed by atoms with Crippen molar-refractivity contribution in [3.8, 4) is 5.75 Å². The van der Waals surface area contributed by atoms with Crippen molar-refractivity contribution in [3.63, 3.8) is 0 Å². The number of aromatic nitrogens is 2. The number of nitrogens with one attached hydrogen (secondary N) is 1. The lowest BCUT2D eigenvalue weighted by atomic mass is 10.3. The van der Waals surface area contributed by atoms with Gasteiger partial charge < -0.3 is 4.74 Å². The summed E-state index contributed by atoms with van der Waals surface area (Å²) >= 11 is 6.50. The number of anilines is 1. The molecule has 0 saturated carbocycles. The first kappa shape index (κ1) is 15.7. The van der Waals surface area contributed by atoms with Crippen molar-refractivity contribution >= 4 is 43.8 Å². The van der Waals surface area contributed by atoms with E-state index in [0.29, 0.717) is 10.8 Å². The van der Waals surface area contributed by atoms with E-state index in [0.717, 1.165) is 17.6 Å². The monoisotopic (exact) mass is 347 g/mol. The second-order valence-electron chi connectivity index (χ2n) is 3.94. The minimum atomic E-state index is -3.43. The lowest BCUT2D eigenvalue weighted by Gasteiger charge is -2.05. The highest BCUT2D eigenvalue weighted by Crippen LogP contribution is 2.19. The zero-order chi connectivity index (χ0) is 15.5. The molecule has 1 N–H and O–H groups in total. The number of benzene rings is 1. The standard InChI is InChI=1S/C11H10ClN3O4S2/c1-21(17,18)11-15-14-10(20-11)13-9(16)6-19-8-4-2-7(12)3-5-8/h2-5H,6H2,1H3,(H,13,14,16). The predicted molar refractivity (Wildman–Crippen MR) is 78.6 cm³/mol.